The summed E-state index contributed by atoms with van der Waals surface area (Å²) in [7, 11) is -2.79. The predicted molar refractivity (Wildman–Crippen MR) is 183 cm³/mol. The number of benzene rings is 4. The first-order chi connectivity index (χ1) is 22.7. The lowest BCUT2D eigenvalue weighted by molar-refractivity contribution is -0.384. The van der Waals surface area contributed by atoms with Crippen molar-refractivity contribution in [3.05, 3.63) is 112 Å². The molecule has 0 bridgehead atoms. The summed E-state index contributed by atoms with van der Waals surface area (Å²) in [6.07, 6.45) is 0.876. The number of hydrogen-bond donors (Lipinski definition) is 2. The van der Waals surface area contributed by atoms with Gasteiger partial charge in [0.05, 0.1) is 30.1 Å². The molecule has 1 aliphatic rings. The molecule has 0 radical (unpaired) electrons. The molecule has 11 nitrogen and oxygen atoms in total. The van der Waals surface area contributed by atoms with Gasteiger partial charge in [-0.3, -0.25) is 19.8 Å². The fourth-order valence-corrected chi connectivity index (χ4v) is 6.92. The van der Waals surface area contributed by atoms with E-state index in [1.807, 2.05) is 47.2 Å². The summed E-state index contributed by atoms with van der Waals surface area (Å²) in [5.41, 5.74) is 2.66. The van der Waals surface area contributed by atoms with E-state index in [-0.39, 0.29) is 11.3 Å². The van der Waals surface area contributed by atoms with Crippen molar-refractivity contribution in [3.8, 4) is 16.9 Å². The highest BCUT2D eigenvalue weighted by molar-refractivity contribution is 7.99. The van der Waals surface area contributed by atoms with Crippen molar-refractivity contribution in [1.29, 1.82) is 0 Å². The quantitative estimate of drug-likeness (QED) is 0.0765. The van der Waals surface area contributed by atoms with Crippen molar-refractivity contribution in [1.82, 2.24) is 9.62 Å². The summed E-state index contributed by atoms with van der Waals surface area (Å²) in [6, 6.07) is 25.7. The number of carbonyl (C=O) groups excluding carboxylic acids is 1. The van der Waals surface area contributed by atoms with Gasteiger partial charge >= 0.3 is 0 Å². The highest BCUT2D eigenvalue weighted by Gasteiger charge is 2.24. The molecule has 0 aromatic heterocycles. The van der Waals surface area contributed by atoms with Gasteiger partial charge in [-0.25, -0.2) is 13.1 Å². The topological polar surface area (TPSA) is 140 Å². The number of ether oxygens (including phenoxy) is 2. The van der Waals surface area contributed by atoms with Crippen LogP contribution in [0.5, 0.6) is 5.75 Å². The van der Waals surface area contributed by atoms with E-state index in [1.54, 1.807) is 31.0 Å². The first-order valence-electron chi connectivity index (χ1n) is 15.1. The summed E-state index contributed by atoms with van der Waals surface area (Å²) in [5, 5.41) is 14.8. The van der Waals surface area contributed by atoms with Crippen LogP contribution in [0.15, 0.2) is 101 Å². The largest absolute Gasteiger partial charge is 0.496 e. The lowest BCUT2D eigenvalue weighted by Gasteiger charge is -2.26. The third kappa shape index (κ3) is 9.10. The van der Waals surface area contributed by atoms with E-state index >= 15 is 0 Å². The zero-order valence-corrected chi connectivity index (χ0v) is 27.5. The van der Waals surface area contributed by atoms with E-state index in [0.717, 1.165) is 66.9 Å². The molecule has 0 aliphatic carbocycles. The van der Waals surface area contributed by atoms with Crippen LogP contribution in [0.3, 0.4) is 0 Å². The summed E-state index contributed by atoms with van der Waals surface area (Å²) in [4.78, 5) is 27.1. The molecular weight excluding hydrogens is 641 g/mol. The van der Waals surface area contributed by atoms with Crippen LogP contribution in [0, 0.1) is 10.1 Å². The molecule has 5 rings (SSSR count). The first kappa shape index (κ1) is 33.9. The lowest BCUT2D eigenvalue weighted by Crippen LogP contribution is -2.37. The van der Waals surface area contributed by atoms with Gasteiger partial charge in [-0.2, -0.15) is 0 Å². The predicted octanol–water partition coefficient (Wildman–Crippen LogP) is 5.47. The van der Waals surface area contributed by atoms with Gasteiger partial charge in [0.2, 0.25) is 0 Å². The van der Waals surface area contributed by atoms with Crippen molar-refractivity contribution in [2.75, 3.05) is 57.6 Å². The van der Waals surface area contributed by atoms with Crippen molar-refractivity contribution >= 4 is 39.1 Å². The van der Waals surface area contributed by atoms with E-state index in [4.69, 9.17) is 9.47 Å². The van der Waals surface area contributed by atoms with Crippen molar-refractivity contribution in [2.24, 2.45) is 0 Å². The minimum absolute atomic E-state index is 0.113. The highest BCUT2D eigenvalue weighted by Crippen LogP contribution is 2.32. The number of rotatable bonds is 14. The maximum Gasteiger partial charge on any atom is 0.293 e. The molecule has 1 fully saturated rings. The van der Waals surface area contributed by atoms with E-state index in [2.05, 4.69) is 16.3 Å². The number of morpholine rings is 1. The molecule has 1 amide bonds. The van der Waals surface area contributed by atoms with Gasteiger partial charge in [-0.05, 0) is 60.0 Å². The summed E-state index contributed by atoms with van der Waals surface area (Å²) in [5.74, 6) is 0.479. The van der Waals surface area contributed by atoms with Crippen LogP contribution >= 0.6 is 11.8 Å². The molecular formula is C34H36N4O7S2. The molecule has 13 heteroatoms. The van der Waals surface area contributed by atoms with Crippen molar-refractivity contribution in [3.63, 3.8) is 0 Å². The fraction of sp³-hybridized carbons (Fsp3) is 0.265. The lowest BCUT2D eigenvalue weighted by atomic mass is 10.00. The zero-order valence-electron chi connectivity index (χ0n) is 25.9. The molecule has 1 saturated heterocycles. The van der Waals surface area contributed by atoms with E-state index in [9.17, 15) is 23.3 Å². The van der Waals surface area contributed by atoms with Crippen LogP contribution in [0.1, 0.15) is 15.9 Å². The second kappa shape index (κ2) is 15.9. The van der Waals surface area contributed by atoms with Crippen molar-refractivity contribution in [2.45, 2.75) is 16.2 Å². The maximum atomic E-state index is 13.1. The first-order valence-corrected chi connectivity index (χ1v) is 17.5. The van der Waals surface area contributed by atoms with Crippen LogP contribution in [0.2, 0.25) is 0 Å². The smallest absolute Gasteiger partial charge is 0.293 e. The molecule has 1 aliphatic heterocycles. The molecule has 246 valence electrons. The van der Waals surface area contributed by atoms with Gasteiger partial charge in [-0.15, -0.1) is 11.8 Å². The number of thioether (sulfide) groups is 1. The third-order valence-corrected chi connectivity index (χ3v) is 10.0. The number of nitrogens with one attached hydrogen (secondary N) is 2. The van der Waals surface area contributed by atoms with Gasteiger partial charge in [0.15, 0.2) is 0 Å². The number of hydrogen-bond acceptors (Lipinski definition) is 10. The summed E-state index contributed by atoms with van der Waals surface area (Å²) >= 11 is 1.59. The molecule has 0 spiro atoms. The Bertz CT molecular complexity index is 1800. The number of anilines is 1. The Morgan fingerprint density at radius 3 is 2.45 bits per heavy atom. The van der Waals surface area contributed by atoms with Gasteiger partial charge in [0, 0.05) is 54.0 Å². The van der Waals surface area contributed by atoms with Crippen LogP contribution in [-0.4, -0.2) is 76.4 Å². The Labute approximate surface area is 278 Å². The number of nitro groups is 1. The molecule has 0 saturated carbocycles. The van der Waals surface area contributed by atoms with Gasteiger partial charge < -0.3 is 14.8 Å². The SMILES string of the molecule is COc1cc(CCN2CCOCC2)ccc1-c1ccc(C(=O)NS(=O)(=O)c2ccc(NCCSc3ccccc3)c([N+](=O)[O-])c2)cc1. The fourth-order valence-electron chi connectivity index (χ4n) is 5.13. The highest BCUT2D eigenvalue weighted by atomic mass is 32.2. The van der Waals surface area contributed by atoms with Crippen LogP contribution in [0.4, 0.5) is 11.4 Å². The third-order valence-electron chi connectivity index (χ3n) is 7.68. The molecule has 47 heavy (non-hydrogen) atoms. The average Bonchev–Trinajstić information content (AvgIpc) is 3.09. The van der Waals surface area contributed by atoms with Crippen LogP contribution in [0.25, 0.3) is 11.1 Å². The molecule has 4 aromatic carbocycles. The molecule has 4 aromatic rings. The second-order valence-corrected chi connectivity index (χ2v) is 13.6. The molecule has 2 N–H and O–H groups in total. The Hall–Kier alpha value is -4.43. The molecule has 1 heterocycles. The number of nitro benzene ring substituents is 1. The number of sulfonamides is 1. The number of carbonyl (C=O) groups is 1. The zero-order chi connectivity index (χ0) is 33.2. The minimum Gasteiger partial charge on any atom is -0.496 e. The van der Waals surface area contributed by atoms with Crippen LogP contribution in [-0.2, 0) is 21.2 Å². The van der Waals surface area contributed by atoms with Crippen molar-refractivity contribution < 1.29 is 27.6 Å². The van der Waals surface area contributed by atoms with E-state index in [1.165, 1.54) is 24.3 Å². The Morgan fingerprint density at radius 2 is 1.74 bits per heavy atom. The van der Waals surface area contributed by atoms with Gasteiger partial charge in [-0.1, -0.05) is 42.5 Å². The minimum atomic E-state index is -4.40. The number of amides is 1. The number of nitrogens with zero attached hydrogens (tertiary/aromatic N) is 2. The Balaban J connectivity index is 1.21. The number of methoxy groups -OCH3 is 1. The molecule has 0 atom stereocenters. The molecule has 0 unspecified atom stereocenters. The standard InChI is InChI=1S/C34H36N4O7S2/c1-44-33-23-25(15-17-37-18-20-45-21-19-37)7-13-30(33)26-8-10-27(11-9-26)34(39)36-47(42,43)29-12-14-31(32(24-29)38(40)41)35-16-22-46-28-5-3-2-4-6-28/h2-14,23-24,35H,15-22H2,1H3,(H,36,39). The maximum absolute atomic E-state index is 13.1. The van der Waals surface area contributed by atoms with E-state index < -0.39 is 31.4 Å². The van der Waals surface area contributed by atoms with Crippen LogP contribution < -0.4 is 14.8 Å². The Morgan fingerprint density at radius 1 is 1.00 bits per heavy atom. The summed E-state index contributed by atoms with van der Waals surface area (Å²) in [6.45, 7) is 4.72. The monoisotopic (exact) mass is 676 g/mol. The average molecular weight is 677 g/mol. The van der Waals surface area contributed by atoms with Gasteiger partial charge in [0.1, 0.15) is 11.4 Å². The Kier molecular flexibility index (Phi) is 11.5. The van der Waals surface area contributed by atoms with E-state index in [0.29, 0.717) is 18.0 Å². The summed E-state index contributed by atoms with van der Waals surface area (Å²) < 4.78 is 39.3. The normalized spacial score (nSPS) is 13.6. The van der Waals surface area contributed by atoms with Gasteiger partial charge in [0.25, 0.3) is 21.6 Å². The second-order valence-electron chi connectivity index (χ2n) is 10.8.